The zero-order valence-electron chi connectivity index (χ0n) is 13.2. The van der Waals surface area contributed by atoms with E-state index in [0.29, 0.717) is 17.1 Å². The maximum atomic E-state index is 11.6. The largest absolute Gasteiger partial charge is 0.497 e. The van der Waals surface area contributed by atoms with E-state index in [-0.39, 0.29) is 5.69 Å². The monoisotopic (exact) mass is 340 g/mol. The SMILES string of the molecule is C=CC1=C(C=C)c2c(c(C(=O)O)nn2-c2cccc(OC)c2)CS1. The standard InChI is InChI=1S/C18H16N2O3S/c1-4-13-15(5-2)24-10-14-16(18(21)22)19-20(17(13)14)11-7-6-8-12(9-11)23-3/h4-9H,1-2,10H2,3H3,(H,21,22). The molecule has 1 aromatic heterocycles. The van der Waals surface area contributed by atoms with Crippen LogP contribution in [0.4, 0.5) is 0 Å². The van der Waals surface area contributed by atoms with Gasteiger partial charge in [0.2, 0.25) is 0 Å². The summed E-state index contributed by atoms with van der Waals surface area (Å²) in [5.74, 6) is 0.158. The average Bonchev–Trinajstić information content (AvgIpc) is 3.00. The summed E-state index contributed by atoms with van der Waals surface area (Å²) >= 11 is 1.54. The number of fused-ring (bicyclic) bond motifs is 1. The van der Waals surface area contributed by atoms with Gasteiger partial charge in [0.25, 0.3) is 0 Å². The minimum atomic E-state index is -1.04. The Morgan fingerprint density at radius 3 is 2.83 bits per heavy atom. The summed E-state index contributed by atoms with van der Waals surface area (Å²) in [6, 6.07) is 7.34. The highest BCUT2D eigenvalue weighted by molar-refractivity contribution is 8.02. The average molecular weight is 340 g/mol. The molecule has 3 rings (SSSR count). The van der Waals surface area contributed by atoms with Crippen LogP contribution < -0.4 is 4.74 Å². The third kappa shape index (κ3) is 2.55. The summed E-state index contributed by atoms with van der Waals surface area (Å²) < 4.78 is 6.90. The van der Waals surface area contributed by atoms with E-state index in [2.05, 4.69) is 18.3 Å². The van der Waals surface area contributed by atoms with E-state index in [9.17, 15) is 9.90 Å². The van der Waals surface area contributed by atoms with Gasteiger partial charge in [0.15, 0.2) is 5.69 Å². The Morgan fingerprint density at radius 1 is 1.42 bits per heavy atom. The number of hydrogen-bond acceptors (Lipinski definition) is 4. The third-order valence-corrected chi connectivity index (χ3v) is 4.90. The molecule has 2 heterocycles. The molecule has 122 valence electrons. The Labute approximate surface area is 143 Å². The van der Waals surface area contributed by atoms with Gasteiger partial charge in [-0.3, -0.25) is 0 Å². The highest BCUT2D eigenvalue weighted by atomic mass is 32.2. The molecule has 1 aliphatic rings. The summed E-state index contributed by atoms with van der Waals surface area (Å²) in [5.41, 5.74) is 3.05. The summed E-state index contributed by atoms with van der Waals surface area (Å²) in [7, 11) is 1.59. The van der Waals surface area contributed by atoms with Gasteiger partial charge >= 0.3 is 5.97 Å². The smallest absolute Gasteiger partial charge is 0.356 e. The Bertz CT molecular complexity index is 880. The molecular formula is C18H16N2O3S. The fourth-order valence-electron chi connectivity index (χ4n) is 2.68. The first-order chi connectivity index (χ1) is 11.6. The number of carboxylic acid groups (broad SMARTS) is 1. The van der Waals surface area contributed by atoms with E-state index in [1.807, 2.05) is 24.3 Å². The maximum absolute atomic E-state index is 11.6. The predicted octanol–water partition coefficient (Wildman–Crippen LogP) is 3.91. The van der Waals surface area contributed by atoms with Gasteiger partial charge in [0, 0.05) is 27.9 Å². The molecule has 0 fully saturated rings. The lowest BCUT2D eigenvalue weighted by Crippen LogP contribution is -2.06. The first-order valence-electron chi connectivity index (χ1n) is 7.22. The van der Waals surface area contributed by atoms with E-state index in [4.69, 9.17) is 4.74 Å². The van der Waals surface area contributed by atoms with Crippen molar-refractivity contribution in [3.8, 4) is 11.4 Å². The van der Waals surface area contributed by atoms with Crippen LogP contribution in [0.15, 0.2) is 54.5 Å². The highest BCUT2D eigenvalue weighted by Crippen LogP contribution is 2.41. The van der Waals surface area contributed by atoms with E-state index in [0.717, 1.165) is 21.9 Å². The summed E-state index contributed by atoms with van der Waals surface area (Å²) in [6.07, 6.45) is 3.47. The molecule has 0 aliphatic carbocycles. The number of rotatable bonds is 5. The fraction of sp³-hybridized carbons (Fsp3) is 0.111. The van der Waals surface area contributed by atoms with Gasteiger partial charge in [-0.2, -0.15) is 5.10 Å². The van der Waals surface area contributed by atoms with Gasteiger partial charge in [-0.05, 0) is 12.1 Å². The van der Waals surface area contributed by atoms with Crippen LogP contribution in [-0.4, -0.2) is 28.0 Å². The second-order valence-electron chi connectivity index (χ2n) is 5.07. The van der Waals surface area contributed by atoms with Crippen molar-refractivity contribution >= 4 is 23.3 Å². The third-order valence-electron chi connectivity index (χ3n) is 3.77. The lowest BCUT2D eigenvalue weighted by Gasteiger charge is -2.18. The molecule has 1 aromatic carbocycles. The number of nitrogens with zero attached hydrogens (tertiary/aromatic N) is 2. The molecule has 0 radical (unpaired) electrons. The van der Waals surface area contributed by atoms with Crippen molar-refractivity contribution in [1.29, 1.82) is 0 Å². The molecule has 2 aromatic rings. The van der Waals surface area contributed by atoms with Gasteiger partial charge in [-0.1, -0.05) is 31.4 Å². The van der Waals surface area contributed by atoms with Gasteiger partial charge in [0.1, 0.15) is 5.75 Å². The zero-order chi connectivity index (χ0) is 17.3. The summed E-state index contributed by atoms with van der Waals surface area (Å²) in [5, 5.41) is 13.8. The van der Waals surface area contributed by atoms with E-state index in [1.54, 1.807) is 23.9 Å². The molecule has 5 nitrogen and oxygen atoms in total. The van der Waals surface area contributed by atoms with Gasteiger partial charge < -0.3 is 9.84 Å². The predicted molar refractivity (Wildman–Crippen MR) is 95.7 cm³/mol. The Hall–Kier alpha value is -2.73. The van der Waals surface area contributed by atoms with Crippen molar-refractivity contribution in [1.82, 2.24) is 9.78 Å². The molecule has 6 heteroatoms. The fourth-order valence-corrected chi connectivity index (χ4v) is 3.70. The zero-order valence-corrected chi connectivity index (χ0v) is 14.0. The second-order valence-corrected chi connectivity index (χ2v) is 6.09. The van der Waals surface area contributed by atoms with Crippen molar-refractivity contribution in [2.75, 3.05) is 7.11 Å². The first kappa shape index (κ1) is 16.1. The molecule has 0 spiro atoms. The number of thioether (sulfide) groups is 1. The van der Waals surface area contributed by atoms with Gasteiger partial charge in [-0.15, -0.1) is 11.8 Å². The second kappa shape index (κ2) is 6.41. The van der Waals surface area contributed by atoms with Crippen molar-refractivity contribution in [3.63, 3.8) is 0 Å². The maximum Gasteiger partial charge on any atom is 0.356 e. The van der Waals surface area contributed by atoms with Crippen LogP contribution >= 0.6 is 11.8 Å². The minimum absolute atomic E-state index is 0.0581. The number of aromatic nitrogens is 2. The molecule has 0 saturated heterocycles. The first-order valence-corrected chi connectivity index (χ1v) is 8.21. The molecule has 1 aliphatic heterocycles. The Balaban J connectivity index is 2.32. The van der Waals surface area contributed by atoms with Crippen molar-refractivity contribution in [3.05, 3.63) is 71.4 Å². The number of allylic oxidation sites excluding steroid dienone is 3. The molecule has 0 amide bonds. The number of carbonyl (C=O) groups is 1. The minimum Gasteiger partial charge on any atom is -0.497 e. The molecule has 1 N–H and O–H groups in total. The van der Waals surface area contributed by atoms with Crippen molar-refractivity contribution in [2.24, 2.45) is 0 Å². The topological polar surface area (TPSA) is 64.3 Å². The molecule has 0 atom stereocenters. The van der Waals surface area contributed by atoms with Gasteiger partial charge in [0.05, 0.1) is 18.5 Å². The van der Waals surface area contributed by atoms with Crippen LogP contribution in [0.2, 0.25) is 0 Å². The van der Waals surface area contributed by atoms with Crippen LogP contribution in [-0.2, 0) is 5.75 Å². The summed E-state index contributed by atoms with van der Waals surface area (Å²) in [6.45, 7) is 7.71. The van der Waals surface area contributed by atoms with Crippen LogP contribution in [0.25, 0.3) is 11.3 Å². The number of carboxylic acids is 1. The van der Waals surface area contributed by atoms with E-state index < -0.39 is 5.97 Å². The number of aromatic carboxylic acids is 1. The lowest BCUT2D eigenvalue weighted by atomic mass is 10.1. The molecule has 0 bridgehead atoms. The number of benzene rings is 1. The molecule has 24 heavy (non-hydrogen) atoms. The number of methoxy groups -OCH3 is 1. The van der Waals surface area contributed by atoms with Crippen molar-refractivity contribution in [2.45, 2.75) is 5.75 Å². The van der Waals surface area contributed by atoms with Crippen LogP contribution in [0.5, 0.6) is 5.75 Å². The molecule has 0 saturated carbocycles. The normalized spacial score (nSPS) is 13.4. The van der Waals surface area contributed by atoms with Crippen LogP contribution in [0, 0.1) is 0 Å². The molecular weight excluding hydrogens is 324 g/mol. The van der Waals surface area contributed by atoms with Gasteiger partial charge in [-0.25, -0.2) is 9.48 Å². The molecule has 0 unspecified atom stereocenters. The Morgan fingerprint density at radius 2 is 2.21 bits per heavy atom. The van der Waals surface area contributed by atoms with E-state index >= 15 is 0 Å². The van der Waals surface area contributed by atoms with Crippen LogP contribution in [0.1, 0.15) is 21.7 Å². The quantitative estimate of drug-likeness (QED) is 0.894. The highest BCUT2D eigenvalue weighted by Gasteiger charge is 2.29. The van der Waals surface area contributed by atoms with Crippen LogP contribution in [0.3, 0.4) is 0 Å². The summed E-state index contributed by atoms with van der Waals surface area (Å²) in [4.78, 5) is 12.6. The lowest BCUT2D eigenvalue weighted by molar-refractivity contribution is 0.0689. The number of ether oxygens (including phenoxy) is 1. The number of hydrogen-bond donors (Lipinski definition) is 1. The van der Waals surface area contributed by atoms with Crippen molar-refractivity contribution < 1.29 is 14.6 Å². The van der Waals surface area contributed by atoms with E-state index in [1.165, 1.54) is 11.8 Å². The Kier molecular flexibility index (Phi) is 4.31.